The van der Waals surface area contributed by atoms with Crippen LogP contribution in [0.1, 0.15) is 17.8 Å². The van der Waals surface area contributed by atoms with Gasteiger partial charge in [0.05, 0.1) is 25.7 Å². The highest BCUT2D eigenvalue weighted by atomic mass is 32.1. The number of anilines is 1. The lowest BCUT2D eigenvalue weighted by Gasteiger charge is -2.18. The largest absolute Gasteiger partial charge is 0.497 e. The van der Waals surface area contributed by atoms with Crippen molar-refractivity contribution in [1.29, 1.82) is 0 Å². The number of carbonyl (C=O) groups excluding carboxylic acids is 1. The highest BCUT2D eigenvalue weighted by molar-refractivity contribution is 7.10. The first-order chi connectivity index (χ1) is 10.7. The van der Waals surface area contributed by atoms with E-state index in [-0.39, 0.29) is 5.97 Å². The molecule has 0 amide bonds. The summed E-state index contributed by atoms with van der Waals surface area (Å²) in [6, 6.07) is 8.59. The molecule has 0 aliphatic rings. The van der Waals surface area contributed by atoms with Gasteiger partial charge in [-0.1, -0.05) is 0 Å². The number of nitrogens with one attached hydrogen (secondary N) is 1. The third-order valence-corrected chi connectivity index (χ3v) is 4.03. The van der Waals surface area contributed by atoms with Crippen LogP contribution in [0.3, 0.4) is 0 Å². The Labute approximate surface area is 133 Å². The second-order valence-electron chi connectivity index (χ2n) is 4.41. The molecule has 118 valence electrons. The van der Waals surface area contributed by atoms with Gasteiger partial charge in [-0.05, 0) is 42.6 Å². The van der Waals surface area contributed by atoms with Crippen LogP contribution in [0.25, 0.3) is 0 Å². The van der Waals surface area contributed by atoms with Crippen LogP contribution >= 0.6 is 11.3 Å². The smallest absolute Gasteiger partial charge is 0.334 e. The van der Waals surface area contributed by atoms with Crippen LogP contribution in [0.5, 0.6) is 11.5 Å². The highest BCUT2D eigenvalue weighted by Crippen LogP contribution is 2.34. The van der Waals surface area contributed by atoms with E-state index in [1.807, 2.05) is 35.7 Å². The van der Waals surface area contributed by atoms with Gasteiger partial charge in [0.15, 0.2) is 6.04 Å². The fraction of sp³-hybridized carbons (Fsp3) is 0.312. The number of carbonyl (C=O) groups is 1. The van der Waals surface area contributed by atoms with Gasteiger partial charge < -0.3 is 19.5 Å². The summed E-state index contributed by atoms with van der Waals surface area (Å²) in [5.74, 6) is 1.09. The van der Waals surface area contributed by atoms with Crippen molar-refractivity contribution in [3.8, 4) is 11.5 Å². The van der Waals surface area contributed by atoms with Gasteiger partial charge in [0.1, 0.15) is 11.5 Å². The Morgan fingerprint density at radius 3 is 2.50 bits per heavy atom. The van der Waals surface area contributed by atoms with Gasteiger partial charge in [-0.3, -0.25) is 0 Å². The summed E-state index contributed by atoms with van der Waals surface area (Å²) in [4.78, 5) is 13.1. The standard InChI is InChI=1S/C16H19NO4S/c1-4-21-16(18)14(15-13(20-3)9-10-22-15)17-11-5-7-12(19-2)8-6-11/h5-10,14,17H,4H2,1-3H3. The van der Waals surface area contributed by atoms with Crippen molar-refractivity contribution in [3.05, 3.63) is 40.6 Å². The summed E-state index contributed by atoms with van der Waals surface area (Å²) in [5, 5.41) is 5.08. The second kappa shape index (κ2) is 7.70. The molecule has 2 rings (SSSR count). The van der Waals surface area contributed by atoms with E-state index in [0.717, 1.165) is 16.3 Å². The average molecular weight is 321 g/mol. The molecule has 1 N–H and O–H groups in total. The van der Waals surface area contributed by atoms with Crippen molar-refractivity contribution in [2.75, 3.05) is 26.1 Å². The number of ether oxygens (including phenoxy) is 3. The summed E-state index contributed by atoms with van der Waals surface area (Å²) < 4.78 is 15.6. The fourth-order valence-electron chi connectivity index (χ4n) is 2.00. The van der Waals surface area contributed by atoms with Crippen LogP contribution < -0.4 is 14.8 Å². The summed E-state index contributed by atoms with van der Waals surface area (Å²) in [5.41, 5.74) is 0.800. The zero-order valence-electron chi connectivity index (χ0n) is 12.8. The average Bonchev–Trinajstić information content (AvgIpc) is 3.01. The van der Waals surface area contributed by atoms with Gasteiger partial charge in [-0.25, -0.2) is 4.79 Å². The number of thiophene rings is 1. The van der Waals surface area contributed by atoms with E-state index in [9.17, 15) is 4.79 Å². The first kappa shape index (κ1) is 16.2. The molecule has 0 saturated carbocycles. The molecule has 0 aliphatic carbocycles. The lowest BCUT2D eigenvalue weighted by atomic mass is 10.2. The lowest BCUT2D eigenvalue weighted by molar-refractivity contribution is -0.144. The SMILES string of the molecule is CCOC(=O)C(Nc1ccc(OC)cc1)c1sccc1OC. The number of rotatable bonds is 7. The molecule has 6 heteroatoms. The Balaban J connectivity index is 2.26. The van der Waals surface area contributed by atoms with Crippen LogP contribution in [-0.2, 0) is 9.53 Å². The minimum absolute atomic E-state index is 0.327. The molecule has 0 bridgehead atoms. The molecule has 5 nitrogen and oxygen atoms in total. The van der Waals surface area contributed by atoms with Crippen LogP contribution in [0.15, 0.2) is 35.7 Å². The minimum atomic E-state index is -0.608. The number of hydrogen-bond donors (Lipinski definition) is 1. The molecule has 1 unspecified atom stereocenters. The maximum Gasteiger partial charge on any atom is 0.334 e. The molecule has 1 heterocycles. The van der Waals surface area contributed by atoms with Crippen LogP contribution in [0, 0.1) is 0 Å². The van der Waals surface area contributed by atoms with Gasteiger partial charge in [-0.2, -0.15) is 0 Å². The maximum absolute atomic E-state index is 12.3. The predicted octanol–water partition coefficient (Wildman–Crippen LogP) is 3.48. The molecule has 0 spiro atoms. The Morgan fingerprint density at radius 1 is 1.18 bits per heavy atom. The lowest BCUT2D eigenvalue weighted by Crippen LogP contribution is -2.23. The van der Waals surface area contributed by atoms with E-state index in [2.05, 4.69) is 5.32 Å². The molecule has 1 aromatic carbocycles. The third-order valence-electron chi connectivity index (χ3n) is 3.06. The normalized spacial score (nSPS) is 11.6. The molecule has 0 radical (unpaired) electrons. The van der Waals surface area contributed by atoms with Crippen LogP contribution in [0.2, 0.25) is 0 Å². The first-order valence-corrected chi connectivity index (χ1v) is 7.76. The third kappa shape index (κ3) is 3.71. The number of methoxy groups -OCH3 is 2. The van der Waals surface area contributed by atoms with Gasteiger partial charge in [-0.15, -0.1) is 11.3 Å². The highest BCUT2D eigenvalue weighted by Gasteiger charge is 2.26. The van der Waals surface area contributed by atoms with E-state index in [1.54, 1.807) is 21.1 Å². The molecular formula is C16H19NO4S. The summed E-state index contributed by atoms with van der Waals surface area (Å²) >= 11 is 1.45. The van der Waals surface area contributed by atoms with Crippen molar-refractivity contribution in [2.24, 2.45) is 0 Å². The van der Waals surface area contributed by atoms with Crippen molar-refractivity contribution in [3.63, 3.8) is 0 Å². The monoisotopic (exact) mass is 321 g/mol. The van der Waals surface area contributed by atoms with E-state index in [0.29, 0.717) is 12.4 Å². The molecule has 22 heavy (non-hydrogen) atoms. The zero-order chi connectivity index (χ0) is 15.9. The number of hydrogen-bond acceptors (Lipinski definition) is 6. The Hall–Kier alpha value is -2.21. The van der Waals surface area contributed by atoms with Crippen molar-refractivity contribution < 1.29 is 19.0 Å². The van der Waals surface area contributed by atoms with E-state index in [1.165, 1.54) is 11.3 Å². The molecule has 1 aromatic heterocycles. The molecule has 0 aliphatic heterocycles. The van der Waals surface area contributed by atoms with Crippen molar-refractivity contribution in [1.82, 2.24) is 0 Å². The van der Waals surface area contributed by atoms with E-state index in [4.69, 9.17) is 14.2 Å². The van der Waals surface area contributed by atoms with Gasteiger partial charge in [0.25, 0.3) is 0 Å². The molecular weight excluding hydrogens is 302 g/mol. The Morgan fingerprint density at radius 2 is 1.91 bits per heavy atom. The maximum atomic E-state index is 12.3. The molecule has 0 fully saturated rings. The quantitative estimate of drug-likeness (QED) is 0.791. The minimum Gasteiger partial charge on any atom is -0.497 e. The fourth-order valence-corrected chi connectivity index (χ4v) is 2.90. The van der Waals surface area contributed by atoms with Gasteiger partial charge >= 0.3 is 5.97 Å². The summed E-state index contributed by atoms with van der Waals surface area (Å²) in [7, 11) is 3.20. The first-order valence-electron chi connectivity index (χ1n) is 6.88. The molecule has 2 aromatic rings. The van der Waals surface area contributed by atoms with E-state index < -0.39 is 6.04 Å². The number of benzene rings is 1. The second-order valence-corrected chi connectivity index (χ2v) is 5.36. The van der Waals surface area contributed by atoms with Crippen molar-refractivity contribution >= 4 is 23.0 Å². The Bertz CT molecular complexity index is 609. The van der Waals surface area contributed by atoms with E-state index >= 15 is 0 Å². The zero-order valence-corrected chi connectivity index (χ0v) is 13.6. The Kier molecular flexibility index (Phi) is 5.66. The van der Waals surface area contributed by atoms with Gasteiger partial charge in [0, 0.05) is 5.69 Å². The topological polar surface area (TPSA) is 56.8 Å². The summed E-state index contributed by atoms with van der Waals surface area (Å²) in [6.07, 6.45) is 0. The molecule has 1 atom stereocenters. The van der Waals surface area contributed by atoms with Crippen molar-refractivity contribution in [2.45, 2.75) is 13.0 Å². The van der Waals surface area contributed by atoms with Crippen LogP contribution in [-0.4, -0.2) is 26.8 Å². The molecule has 0 saturated heterocycles. The summed E-state index contributed by atoms with van der Waals surface area (Å²) in [6.45, 7) is 2.11. The number of esters is 1. The van der Waals surface area contributed by atoms with Crippen LogP contribution in [0.4, 0.5) is 5.69 Å². The predicted molar refractivity (Wildman–Crippen MR) is 86.9 cm³/mol. The van der Waals surface area contributed by atoms with Gasteiger partial charge in [0.2, 0.25) is 0 Å².